The van der Waals surface area contributed by atoms with Crippen molar-refractivity contribution in [3.05, 3.63) is 23.8 Å². The molecule has 0 bridgehead atoms. The van der Waals surface area contributed by atoms with Crippen molar-refractivity contribution in [2.75, 3.05) is 25.1 Å². The zero-order chi connectivity index (χ0) is 13.8. The predicted octanol–water partition coefficient (Wildman–Crippen LogP) is 0.0173. The number of phenols is 1. The summed E-state index contributed by atoms with van der Waals surface area (Å²) in [6.45, 7) is 1.36. The molecule has 7 nitrogen and oxygen atoms in total. The lowest BCUT2D eigenvalue weighted by atomic mass is 10.1. The number of ether oxygens (including phenoxy) is 1. The first-order valence-electron chi connectivity index (χ1n) is 5.76. The summed E-state index contributed by atoms with van der Waals surface area (Å²) in [5.41, 5.74) is -0.0206. The predicted molar refractivity (Wildman–Crippen MR) is 66.3 cm³/mol. The normalized spacial score (nSPS) is 18.8. The molecule has 0 radical (unpaired) electrons. The monoisotopic (exact) mass is 266 g/mol. The number of morpholine rings is 1. The molecule has 0 saturated carbocycles. The van der Waals surface area contributed by atoms with Crippen molar-refractivity contribution in [3.63, 3.8) is 0 Å². The first-order chi connectivity index (χ1) is 9.08. The number of carboxylic acids is 1. The quantitative estimate of drug-likeness (QED) is 0.574. The Morgan fingerprint density at radius 1 is 1.42 bits per heavy atom. The second-order valence-electron chi connectivity index (χ2n) is 4.11. The molecule has 7 heteroatoms. The Hall–Kier alpha value is -2.12. The van der Waals surface area contributed by atoms with Crippen LogP contribution < -0.4 is 10.6 Å². The van der Waals surface area contributed by atoms with Gasteiger partial charge in [0.15, 0.2) is 0 Å². The molecule has 1 fully saturated rings. The van der Waals surface area contributed by atoms with Crippen molar-refractivity contribution in [2.24, 2.45) is 0 Å². The third-order valence-electron chi connectivity index (χ3n) is 2.73. The van der Waals surface area contributed by atoms with Gasteiger partial charge in [-0.05, 0) is 18.2 Å². The Kier molecular flexibility index (Phi) is 3.98. The van der Waals surface area contributed by atoms with Gasteiger partial charge in [0, 0.05) is 6.54 Å². The molecule has 2 rings (SSSR count). The minimum atomic E-state index is -1.22. The van der Waals surface area contributed by atoms with E-state index in [1.807, 2.05) is 0 Å². The summed E-state index contributed by atoms with van der Waals surface area (Å²) in [4.78, 5) is 22.9. The molecule has 1 aromatic rings. The van der Waals surface area contributed by atoms with Crippen LogP contribution in [0.1, 0.15) is 10.4 Å². The number of rotatable bonds is 3. The highest BCUT2D eigenvalue weighted by atomic mass is 16.5. The maximum Gasteiger partial charge on any atom is 0.337 e. The summed E-state index contributed by atoms with van der Waals surface area (Å²) in [6, 6.07) is 3.24. The van der Waals surface area contributed by atoms with Crippen LogP contribution in [-0.2, 0) is 9.53 Å². The molecule has 0 aromatic heterocycles. The van der Waals surface area contributed by atoms with Crippen molar-refractivity contribution in [2.45, 2.75) is 6.04 Å². The fraction of sp³-hybridized carbons (Fsp3) is 0.333. The highest BCUT2D eigenvalue weighted by Crippen LogP contribution is 2.21. The first-order valence-corrected chi connectivity index (χ1v) is 5.76. The number of anilines is 1. The summed E-state index contributed by atoms with van der Waals surface area (Å²) in [6.07, 6.45) is 0. The van der Waals surface area contributed by atoms with Gasteiger partial charge in [-0.2, -0.15) is 0 Å². The summed E-state index contributed by atoms with van der Waals surface area (Å²) < 4.78 is 5.16. The summed E-state index contributed by atoms with van der Waals surface area (Å²) in [7, 11) is 0. The van der Waals surface area contributed by atoms with Gasteiger partial charge in [-0.25, -0.2) is 4.79 Å². The van der Waals surface area contributed by atoms with Crippen LogP contribution in [0.15, 0.2) is 18.2 Å². The largest absolute Gasteiger partial charge is 0.508 e. The topological polar surface area (TPSA) is 108 Å². The highest BCUT2D eigenvalue weighted by molar-refractivity contribution is 6.02. The van der Waals surface area contributed by atoms with E-state index in [-0.39, 0.29) is 29.5 Å². The number of phenolic OH excluding ortho intramolecular Hbond substituents is 1. The number of carbonyl (C=O) groups excluding carboxylic acids is 1. The van der Waals surface area contributed by atoms with Gasteiger partial charge < -0.3 is 25.6 Å². The van der Waals surface area contributed by atoms with Gasteiger partial charge in [0.05, 0.1) is 24.5 Å². The number of aromatic carboxylic acids is 1. The molecule has 1 atom stereocenters. The molecule has 1 amide bonds. The molecule has 0 spiro atoms. The number of hydrogen-bond acceptors (Lipinski definition) is 5. The van der Waals surface area contributed by atoms with Gasteiger partial charge >= 0.3 is 5.97 Å². The number of carboxylic acid groups (broad SMARTS) is 1. The van der Waals surface area contributed by atoms with E-state index >= 15 is 0 Å². The van der Waals surface area contributed by atoms with Gasteiger partial charge in [-0.3, -0.25) is 4.79 Å². The van der Waals surface area contributed by atoms with Crippen LogP contribution >= 0.6 is 0 Å². The maximum absolute atomic E-state index is 11.9. The van der Waals surface area contributed by atoms with Crippen LogP contribution in [-0.4, -0.2) is 47.9 Å². The number of hydrogen-bond donors (Lipinski definition) is 4. The minimum absolute atomic E-state index is 0.141. The summed E-state index contributed by atoms with van der Waals surface area (Å²) in [5, 5.41) is 23.8. The second-order valence-corrected chi connectivity index (χ2v) is 4.11. The molecule has 19 heavy (non-hydrogen) atoms. The third-order valence-corrected chi connectivity index (χ3v) is 2.73. The summed E-state index contributed by atoms with van der Waals surface area (Å²) in [5.74, 6) is -1.76. The molecule has 1 aliphatic heterocycles. The molecule has 1 aliphatic rings. The molecule has 102 valence electrons. The standard InChI is InChI=1S/C12H14N2O5/c15-7-1-2-9(8(5-7)12(17)18)14-11(16)10-6-19-4-3-13-10/h1-2,5,10,13,15H,3-4,6H2,(H,14,16)(H,17,18). The van der Waals surface area contributed by atoms with Crippen LogP contribution in [0, 0.1) is 0 Å². The lowest BCUT2D eigenvalue weighted by Gasteiger charge is -2.23. The Bertz CT molecular complexity index is 497. The van der Waals surface area contributed by atoms with E-state index in [1.165, 1.54) is 12.1 Å². The Morgan fingerprint density at radius 2 is 2.21 bits per heavy atom. The molecule has 1 unspecified atom stereocenters. The van der Waals surface area contributed by atoms with E-state index in [9.17, 15) is 14.7 Å². The number of amides is 1. The molecule has 4 N–H and O–H groups in total. The van der Waals surface area contributed by atoms with Crippen LogP contribution in [0.25, 0.3) is 0 Å². The van der Waals surface area contributed by atoms with Gasteiger partial charge in [0.25, 0.3) is 0 Å². The molecular weight excluding hydrogens is 252 g/mol. The van der Waals surface area contributed by atoms with E-state index < -0.39 is 12.0 Å². The van der Waals surface area contributed by atoms with E-state index in [0.717, 1.165) is 6.07 Å². The van der Waals surface area contributed by atoms with Gasteiger partial charge in [-0.15, -0.1) is 0 Å². The Morgan fingerprint density at radius 3 is 2.84 bits per heavy atom. The molecule has 1 aromatic carbocycles. The van der Waals surface area contributed by atoms with E-state index in [2.05, 4.69) is 10.6 Å². The first kappa shape index (κ1) is 13.3. The molecule has 0 aliphatic carbocycles. The van der Waals surface area contributed by atoms with Crippen LogP contribution in [0.3, 0.4) is 0 Å². The maximum atomic E-state index is 11.9. The molecule has 1 saturated heterocycles. The van der Waals surface area contributed by atoms with Crippen LogP contribution in [0.2, 0.25) is 0 Å². The Labute approximate surface area is 109 Å². The van der Waals surface area contributed by atoms with E-state index in [1.54, 1.807) is 0 Å². The van der Waals surface area contributed by atoms with Crippen LogP contribution in [0.5, 0.6) is 5.75 Å². The third kappa shape index (κ3) is 3.21. The second kappa shape index (κ2) is 5.68. The zero-order valence-electron chi connectivity index (χ0n) is 10.0. The van der Waals surface area contributed by atoms with E-state index in [4.69, 9.17) is 9.84 Å². The average Bonchev–Trinajstić information content (AvgIpc) is 2.41. The smallest absolute Gasteiger partial charge is 0.337 e. The number of nitrogens with one attached hydrogen (secondary N) is 2. The average molecular weight is 266 g/mol. The van der Waals surface area contributed by atoms with Crippen molar-refractivity contribution >= 4 is 17.6 Å². The zero-order valence-corrected chi connectivity index (χ0v) is 10.0. The SMILES string of the molecule is O=C(O)c1cc(O)ccc1NC(=O)C1COCCN1. The molecular formula is C12H14N2O5. The highest BCUT2D eigenvalue weighted by Gasteiger charge is 2.22. The minimum Gasteiger partial charge on any atom is -0.508 e. The van der Waals surface area contributed by atoms with Crippen molar-refractivity contribution in [3.8, 4) is 5.75 Å². The van der Waals surface area contributed by atoms with E-state index in [0.29, 0.717) is 13.2 Å². The van der Waals surface area contributed by atoms with Gasteiger partial charge in [-0.1, -0.05) is 0 Å². The number of benzene rings is 1. The van der Waals surface area contributed by atoms with Crippen LogP contribution in [0.4, 0.5) is 5.69 Å². The Balaban J connectivity index is 2.13. The summed E-state index contributed by atoms with van der Waals surface area (Å²) >= 11 is 0. The molecule has 1 heterocycles. The van der Waals surface area contributed by atoms with Crippen molar-refractivity contribution < 1.29 is 24.5 Å². The number of carbonyl (C=O) groups is 2. The lowest BCUT2D eigenvalue weighted by molar-refractivity contribution is -0.120. The van der Waals surface area contributed by atoms with Crippen molar-refractivity contribution in [1.82, 2.24) is 5.32 Å². The fourth-order valence-corrected chi connectivity index (χ4v) is 1.77. The van der Waals surface area contributed by atoms with Crippen molar-refractivity contribution in [1.29, 1.82) is 0 Å². The van der Waals surface area contributed by atoms with Gasteiger partial charge in [0.1, 0.15) is 11.8 Å². The fourth-order valence-electron chi connectivity index (χ4n) is 1.77. The van der Waals surface area contributed by atoms with Gasteiger partial charge in [0.2, 0.25) is 5.91 Å². The number of aromatic hydroxyl groups is 1. The lowest BCUT2D eigenvalue weighted by Crippen LogP contribution is -2.48.